The number of aliphatic hydroxyl groups is 1. The van der Waals surface area contributed by atoms with Gasteiger partial charge in [0.25, 0.3) is 6.43 Å². The minimum Gasteiger partial charge on any atom is -0.395 e. The summed E-state index contributed by atoms with van der Waals surface area (Å²) in [5.74, 6) is -0.533. The molecular formula is C11H12BrF2NO2S. The molecule has 18 heavy (non-hydrogen) atoms. The Morgan fingerprint density at radius 1 is 1.56 bits per heavy atom. The molecular weight excluding hydrogens is 328 g/mol. The second kappa shape index (κ2) is 7.60. The number of thiophene rings is 1. The first-order valence-corrected chi connectivity index (χ1v) is 6.75. The molecule has 1 aromatic heterocycles. The number of carbonyl (C=O) groups is 1. The molecule has 3 nitrogen and oxygen atoms in total. The lowest BCUT2D eigenvalue weighted by molar-refractivity contribution is -0.128. The van der Waals surface area contributed by atoms with E-state index >= 15 is 0 Å². The van der Waals surface area contributed by atoms with Gasteiger partial charge in [0.05, 0.1) is 16.9 Å². The number of carbonyl (C=O) groups excluding carboxylic acids is 1. The van der Waals surface area contributed by atoms with E-state index in [0.29, 0.717) is 0 Å². The summed E-state index contributed by atoms with van der Waals surface area (Å²) < 4.78 is 25.4. The smallest absolute Gasteiger partial charge is 0.255 e. The van der Waals surface area contributed by atoms with E-state index in [1.54, 1.807) is 6.08 Å². The van der Waals surface area contributed by atoms with Crippen molar-refractivity contribution in [2.45, 2.75) is 6.43 Å². The summed E-state index contributed by atoms with van der Waals surface area (Å²) in [5, 5.41) is 8.72. The number of alkyl halides is 2. The van der Waals surface area contributed by atoms with Crippen LogP contribution in [0, 0.1) is 0 Å². The van der Waals surface area contributed by atoms with E-state index in [1.165, 1.54) is 17.4 Å². The van der Waals surface area contributed by atoms with Crippen LogP contribution < -0.4 is 0 Å². The zero-order valence-electron chi connectivity index (χ0n) is 9.35. The zero-order valence-corrected chi connectivity index (χ0v) is 11.8. The second-order valence-corrected chi connectivity index (χ2v) is 5.87. The first kappa shape index (κ1) is 15.3. The summed E-state index contributed by atoms with van der Waals surface area (Å²) in [4.78, 5) is 13.4. The van der Waals surface area contributed by atoms with Crippen molar-refractivity contribution in [2.75, 3.05) is 19.7 Å². The summed E-state index contributed by atoms with van der Waals surface area (Å²) in [5.41, 5.74) is 0. The van der Waals surface area contributed by atoms with E-state index in [2.05, 4.69) is 15.9 Å². The van der Waals surface area contributed by atoms with Crippen LogP contribution in [-0.2, 0) is 4.79 Å². The van der Waals surface area contributed by atoms with Gasteiger partial charge in [0.15, 0.2) is 0 Å². The highest BCUT2D eigenvalue weighted by molar-refractivity contribution is 9.11. The lowest BCUT2D eigenvalue weighted by Gasteiger charge is -2.19. The number of halogens is 3. The summed E-state index contributed by atoms with van der Waals surface area (Å²) >= 11 is 4.71. The van der Waals surface area contributed by atoms with E-state index in [4.69, 9.17) is 5.11 Å². The molecule has 0 aromatic carbocycles. The van der Waals surface area contributed by atoms with Gasteiger partial charge in [-0.15, -0.1) is 11.3 Å². The molecule has 0 aliphatic rings. The molecule has 1 amide bonds. The standard InChI is InChI=1S/C11H12BrF2NO2S/c12-9-3-1-8(18-9)2-4-11(17)15(5-6-16)7-10(13)14/h1-4,10,16H,5-7H2/b4-2+. The minimum absolute atomic E-state index is 0.0956. The minimum atomic E-state index is -2.61. The van der Waals surface area contributed by atoms with Gasteiger partial charge in [-0.3, -0.25) is 4.79 Å². The molecule has 0 aliphatic carbocycles. The van der Waals surface area contributed by atoms with Gasteiger partial charge in [-0.2, -0.15) is 0 Å². The van der Waals surface area contributed by atoms with Gasteiger partial charge in [0.1, 0.15) is 0 Å². The second-order valence-electron chi connectivity index (χ2n) is 3.37. The Kier molecular flexibility index (Phi) is 6.45. The Balaban J connectivity index is 2.63. The van der Waals surface area contributed by atoms with Gasteiger partial charge in [0.2, 0.25) is 5.91 Å². The van der Waals surface area contributed by atoms with E-state index < -0.39 is 18.9 Å². The molecule has 0 saturated heterocycles. The van der Waals surface area contributed by atoms with Crippen LogP contribution in [0.5, 0.6) is 0 Å². The first-order valence-electron chi connectivity index (χ1n) is 5.14. The van der Waals surface area contributed by atoms with Gasteiger partial charge in [-0.1, -0.05) is 0 Å². The van der Waals surface area contributed by atoms with Crippen molar-refractivity contribution in [3.63, 3.8) is 0 Å². The highest BCUT2D eigenvalue weighted by atomic mass is 79.9. The molecule has 1 aromatic rings. The fourth-order valence-electron chi connectivity index (χ4n) is 1.26. The maximum absolute atomic E-state index is 12.2. The van der Waals surface area contributed by atoms with Crippen molar-refractivity contribution in [2.24, 2.45) is 0 Å². The Bertz CT molecular complexity index is 423. The van der Waals surface area contributed by atoms with Gasteiger partial charge in [-0.25, -0.2) is 8.78 Å². The summed E-state index contributed by atoms with van der Waals surface area (Å²) in [6.07, 6.45) is 0.189. The lowest BCUT2D eigenvalue weighted by Crippen LogP contribution is -2.36. The largest absolute Gasteiger partial charge is 0.395 e. The summed E-state index contributed by atoms with van der Waals surface area (Å²) in [6.45, 7) is -1.10. The molecule has 1 N–H and O–H groups in total. The van der Waals surface area contributed by atoms with Gasteiger partial charge >= 0.3 is 0 Å². The average Bonchev–Trinajstić information content (AvgIpc) is 2.71. The van der Waals surface area contributed by atoms with Crippen LogP contribution in [0.1, 0.15) is 4.88 Å². The van der Waals surface area contributed by atoms with Crippen molar-refractivity contribution < 1.29 is 18.7 Å². The SMILES string of the molecule is O=C(/C=C/c1ccc(Br)s1)N(CCO)CC(F)F. The van der Waals surface area contributed by atoms with Crippen LogP contribution >= 0.6 is 27.3 Å². The molecule has 0 saturated carbocycles. The highest BCUT2D eigenvalue weighted by Gasteiger charge is 2.15. The summed E-state index contributed by atoms with van der Waals surface area (Å²) in [7, 11) is 0. The van der Waals surface area contributed by atoms with Crippen molar-refractivity contribution in [1.82, 2.24) is 4.90 Å². The monoisotopic (exact) mass is 339 g/mol. The lowest BCUT2D eigenvalue weighted by atomic mass is 10.3. The fourth-order valence-corrected chi connectivity index (χ4v) is 2.58. The molecule has 1 heterocycles. The maximum atomic E-state index is 12.2. The highest BCUT2D eigenvalue weighted by Crippen LogP contribution is 2.23. The van der Waals surface area contributed by atoms with E-state index in [9.17, 15) is 13.6 Å². The number of hydrogen-bond donors (Lipinski definition) is 1. The third kappa shape index (κ3) is 5.24. The number of nitrogens with zero attached hydrogens (tertiary/aromatic N) is 1. The molecule has 0 spiro atoms. The van der Waals surface area contributed by atoms with Crippen molar-refractivity contribution >= 4 is 39.2 Å². The third-order valence-electron chi connectivity index (χ3n) is 2.02. The zero-order chi connectivity index (χ0) is 13.5. The fraction of sp³-hybridized carbons (Fsp3) is 0.364. The van der Waals surface area contributed by atoms with Crippen LogP contribution in [0.2, 0.25) is 0 Å². The molecule has 0 unspecified atom stereocenters. The quantitative estimate of drug-likeness (QED) is 0.809. The van der Waals surface area contributed by atoms with Crippen LogP contribution in [0.25, 0.3) is 6.08 Å². The van der Waals surface area contributed by atoms with Crippen LogP contribution in [0.15, 0.2) is 22.0 Å². The van der Waals surface area contributed by atoms with Gasteiger partial charge in [-0.05, 0) is 34.1 Å². The van der Waals surface area contributed by atoms with E-state index in [-0.39, 0.29) is 13.2 Å². The Morgan fingerprint density at radius 3 is 2.78 bits per heavy atom. The number of amides is 1. The average molecular weight is 340 g/mol. The van der Waals surface area contributed by atoms with Crippen molar-refractivity contribution in [3.05, 3.63) is 26.9 Å². The third-order valence-corrected chi connectivity index (χ3v) is 3.61. The molecule has 0 aliphatic heterocycles. The van der Waals surface area contributed by atoms with Crippen LogP contribution in [-0.4, -0.2) is 42.0 Å². The first-order chi connectivity index (χ1) is 8.52. The van der Waals surface area contributed by atoms with Crippen molar-refractivity contribution in [3.8, 4) is 0 Å². The predicted octanol–water partition coefficient (Wildman–Crippen LogP) is 2.61. The van der Waals surface area contributed by atoms with Crippen LogP contribution in [0.4, 0.5) is 8.78 Å². The molecule has 0 atom stereocenters. The molecule has 0 bridgehead atoms. The van der Waals surface area contributed by atoms with Crippen molar-refractivity contribution in [1.29, 1.82) is 0 Å². The Hall–Kier alpha value is -0.790. The molecule has 7 heteroatoms. The molecule has 1 rings (SSSR count). The number of rotatable bonds is 6. The van der Waals surface area contributed by atoms with Crippen LogP contribution in [0.3, 0.4) is 0 Å². The van der Waals surface area contributed by atoms with E-state index in [1.807, 2.05) is 12.1 Å². The van der Waals surface area contributed by atoms with Gasteiger partial charge in [0, 0.05) is 17.5 Å². The number of aliphatic hydroxyl groups excluding tert-OH is 1. The molecule has 100 valence electrons. The summed E-state index contributed by atoms with van der Waals surface area (Å²) in [6, 6.07) is 3.64. The molecule has 0 radical (unpaired) electrons. The topological polar surface area (TPSA) is 40.5 Å². The number of hydrogen-bond acceptors (Lipinski definition) is 3. The Labute approximate surface area is 116 Å². The predicted molar refractivity (Wildman–Crippen MR) is 70.7 cm³/mol. The van der Waals surface area contributed by atoms with E-state index in [0.717, 1.165) is 13.6 Å². The Morgan fingerprint density at radius 2 is 2.28 bits per heavy atom. The van der Waals surface area contributed by atoms with Gasteiger partial charge < -0.3 is 10.0 Å². The maximum Gasteiger partial charge on any atom is 0.255 e. The molecule has 0 fully saturated rings. The normalized spacial score (nSPS) is 11.4.